The first kappa shape index (κ1) is 18.1. The van der Waals surface area contributed by atoms with Crippen LogP contribution in [0.4, 0.5) is 11.8 Å². The van der Waals surface area contributed by atoms with Crippen molar-refractivity contribution in [2.45, 2.75) is 36.9 Å². The number of pyridine rings is 1. The van der Waals surface area contributed by atoms with Crippen LogP contribution in [0.3, 0.4) is 0 Å². The van der Waals surface area contributed by atoms with Crippen molar-refractivity contribution in [2.24, 2.45) is 0 Å². The quantitative estimate of drug-likeness (QED) is 0.832. The number of aromatic nitrogens is 3. The molecule has 1 saturated carbocycles. The van der Waals surface area contributed by atoms with Crippen molar-refractivity contribution in [2.75, 3.05) is 44.1 Å². The molecule has 1 N–H and O–H groups in total. The van der Waals surface area contributed by atoms with Gasteiger partial charge < -0.3 is 19.9 Å². The third kappa shape index (κ3) is 3.89. The van der Waals surface area contributed by atoms with Gasteiger partial charge in [-0.15, -0.1) is 0 Å². The van der Waals surface area contributed by atoms with E-state index in [1.807, 2.05) is 43.5 Å². The van der Waals surface area contributed by atoms with Crippen molar-refractivity contribution in [1.82, 2.24) is 20.3 Å². The standard InChI is InChI=1S/C20H28N6O/c1-25(2)20-22-9-7-19(24-20)26-12-17(18(13-26)27-3)23-15-10-14(11-15)16-6-4-5-8-21-16/h4-9,14-15,17-18,23H,10-13H2,1-3H3/t14?,15?,17-,18+/m0/s1. The lowest BCUT2D eigenvalue weighted by Crippen LogP contribution is -2.50. The molecule has 2 aromatic heterocycles. The summed E-state index contributed by atoms with van der Waals surface area (Å²) >= 11 is 0. The number of methoxy groups -OCH3 is 1. The van der Waals surface area contributed by atoms with E-state index in [0.29, 0.717) is 18.0 Å². The second-order valence-corrected chi connectivity index (χ2v) is 7.68. The Kier molecular flexibility index (Phi) is 5.22. The van der Waals surface area contributed by atoms with E-state index in [9.17, 15) is 0 Å². The first-order valence-electron chi connectivity index (χ1n) is 9.59. The Hall–Kier alpha value is -2.25. The van der Waals surface area contributed by atoms with Gasteiger partial charge in [0.15, 0.2) is 0 Å². The molecule has 0 aromatic carbocycles. The molecule has 7 nitrogen and oxygen atoms in total. The molecule has 4 rings (SSSR count). The topological polar surface area (TPSA) is 66.4 Å². The molecule has 2 aliphatic rings. The zero-order valence-electron chi connectivity index (χ0n) is 16.2. The lowest BCUT2D eigenvalue weighted by atomic mass is 9.77. The summed E-state index contributed by atoms with van der Waals surface area (Å²) < 4.78 is 5.76. The fraction of sp³-hybridized carbons (Fsp3) is 0.550. The van der Waals surface area contributed by atoms with Crippen molar-refractivity contribution in [3.05, 3.63) is 42.4 Å². The van der Waals surface area contributed by atoms with Crippen LogP contribution in [0.5, 0.6) is 0 Å². The summed E-state index contributed by atoms with van der Waals surface area (Å²) in [6.07, 6.45) is 6.15. The van der Waals surface area contributed by atoms with Gasteiger partial charge in [-0.1, -0.05) is 6.07 Å². The predicted octanol–water partition coefficient (Wildman–Crippen LogP) is 1.68. The Morgan fingerprint density at radius 1 is 1.11 bits per heavy atom. The largest absolute Gasteiger partial charge is 0.378 e. The number of rotatable bonds is 6. The van der Waals surface area contributed by atoms with Crippen LogP contribution in [0.15, 0.2) is 36.7 Å². The van der Waals surface area contributed by atoms with Crippen LogP contribution < -0.4 is 15.1 Å². The summed E-state index contributed by atoms with van der Waals surface area (Å²) in [5.41, 5.74) is 1.21. The molecule has 0 radical (unpaired) electrons. The summed E-state index contributed by atoms with van der Waals surface area (Å²) in [5.74, 6) is 2.27. The summed E-state index contributed by atoms with van der Waals surface area (Å²) in [5, 5.41) is 3.80. The maximum Gasteiger partial charge on any atom is 0.226 e. The van der Waals surface area contributed by atoms with E-state index in [1.165, 1.54) is 5.69 Å². The van der Waals surface area contributed by atoms with Gasteiger partial charge in [-0.25, -0.2) is 4.98 Å². The molecule has 0 amide bonds. The van der Waals surface area contributed by atoms with Crippen LogP contribution in [0.2, 0.25) is 0 Å². The summed E-state index contributed by atoms with van der Waals surface area (Å²) in [7, 11) is 5.71. The van der Waals surface area contributed by atoms with Gasteiger partial charge in [0.2, 0.25) is 5.95 Å². The van der Waals surface area contributed by atoms with E-state index in [2.05, 4.69) is 37.3 Å². The van der Waals surface area contributed by atoms with Gasteiger partial charge in [0, 0.05) is 64.3 Å². The highest BCUT2D eigenvalue weighted by atomic mass is 16.5. The lowest BCUT2D eigenvalue weighted by molar-refractivity contribution is 0.0859. The third-order valence-corrected chi connectivity index (χ3v) is 5.62. The average molecular weight is 368 g/mol. The number of hydrogen-bond acceptors (Lipinski definition) is 7. The van der Waals surface area contributed by atoms with E-state index in [4.69, 9.17) is 4.74 Å². The number of nitrogens with one attached hydrogen (secondary N) is 1. The van der Waals surface area contributed by atoms with Crippen molar-refractivity contribution in [3.8, 4) is 0 Å². The molecule has 2 atom stereocenters. The normalized spacial score (nSPS) is 27.4. The molecule has 27 heavy (non-hydrogen) atoms. The van der Waals surface area contributed by atoms with Gasteiger partial charge >= 0.3 is 0 Å². The van der Waals surface area contributed by atoms with Crippen LogP contribution in [0.1, 0.15) is 24.5 Å². The average Bonchev–Trinajstić information content (AvgIpc) is 3.08. The monoisotopic (exact) mass is 368 g/mol. The van der Waals surface area contributed by atoms with E-state index >= 15 is 0 Å². The molecule has 3 heterocycles. The molecule has 0 bridgehead atoms. The van der Waals surface area contributed by atoms with Crippen molar-refractivity contribution in [1.29, 1.82) is 0 Å². The number of hydrogen-bond donors (Lipinski definition) is 1. The van der Waals surface area contributed by atoms with Crippen molar-refractivity contribution < 1.29 is 4.74 Å². The van der Waals surface area contributed by atoms with Gasteiger partial charge in [0.05, 0.1) is 12.1 Å². The Bertz CT molecular complexity index is 749. The zero-order valence-corrected chi connectivity index (χ0v) is 16.2. The number of anilines is 2. The molecule has 1 saturated heterocycles. The third-order valence-electron chi connectivity index (χ3n) is 5.62. The second kappa shape index (κ2) is 7.78. The smallest absolute Gasteiger partial charge is 0.226 e. The van der Waals surface area contributed by atoms with Crippen LogP contribution in [0, 0.1) is 0 Å². The molecular formula is C20H28N6O. The first-order chi connectivity index (χ1) is 13.1. The van der Waals surface area contributed by atoms with Gasteiger partial charge in [-0.05, 0) is 31.0 Å². The molecular weight excluding hydrogens is 340 g/mol. The minimum absolute atomic E-state index is 0.164. The maximum absolute atomic E-state index is 5.76. The van der Waals surface area contributed by atoms with Crippen molar-refractivity contribution >= 4 is 11.8 Å². The van der Waals surface area contributed by atoms with E-state index in [0.717, 1.165) is 37.7 Å². The van der Waals surface area contributed by atoms with Gasteiger partial charge in [-0.2, -0.15) is 4.98 Å². The molecule has 0 unspecified atom stereocenters. The van der Waals surface area contributed by atoms with Gasteiger partial charge in [-0.3, -0.25) is 4.98 Å². The highest BCUT2D eigenvalue weighted by Crippen LogP contribution is 2.36. The predicted molar refractivity (Wildman–Crippen MR) is 106 cm³/mol. The van der Waals surface area contributed by atoms with E-state index in [-0.39, 0.29) is 6.10 Å². The van der Waals surface area contributed by atoms with Gasteiger partial charge in [0.1, 0.15) is 5.82 Å². The Labute approximate surface area is 160 Å². The molecule has 2 fully saturated rings. The second-order valence-electron chi connectivity index (χ2n) is 7.68. The Morgan fingerprint density at radius 3 is 2.67 bits per heavy atom. The van der Waals surface area contributed by atoms with E-state index in [1.54, 1.807) is 7.11 Å². The lowest BCUT2D eigenvalue weighted by Gasteiger charge is -2.38. The fourth-order valence-corrected chi connectivity index (χ4v) is 4.01. The van der Waals surface area contributed by atoms with Crippen LogP contribution in [-0.2, 0) is 4.74 Å². The Balaban J connectivity index is 1.36. The molecule has 1 aliphatic carbocycles. The maximum atomic E-state index is 5.76. The van der Waals surface area contributed by atoms with E-state index < -0.39 is 0 Å². The summed E-state index contributed by atoms with van der Waals surface area (Å²) in [6.45, 7) is 1.74. The molecule has 1 aliphatic heterocycles. The van der Waals surface area contributed by atoms with Crippen LogP contribution >= 0.6 is 0 Å². The zero-order chi connectivity index (χ0) is 18.8. The minimum atomic E-state index is 0.164. The Morgan fingerprint density at radius 2 is 1.96 bits per heavy atom. The fourth-order valence-electron chi connectivity index (χ4n) is 4.01. The highest BCUT2D eigenvalue weighted by molar-refractivity contribution is 5.45. The minimum Gasteiger partial charge on any atom is -0.378 e. The highest BCUT2D eigenvalue weighted by Gasteiger charge is 2.38. The van der Waals surface area contributed by atoms with Crippen LogP contribution in [-0.4, -0.2) is 67.4 Å². The first-order valence-corrected chi connectivity index (χ1v) is 9.59. The number of ether oxygens (including phenoxy) is 1. The molecule has 0 spiro atoms. The summed E-state index contributed by atoms with van der Waals surface area (Å²) in [6, 6.07) is 8.99. The van der Waals surface area contributed by atoms with Gasteiger partial charge in [0.25, 0.3) is 0 Å². The van der Waals surface area contributed by atoms with Crippen molar-refractivity contribution in [3.63, 3.8) is 0 Å². The molecule has 2 aromatic rings. The molecule has 144 valence electrons. The summed E-state index contributed by atoms with van der Waals surface area (Å²) in [4.78, 5) is 17.7. The number of nitrogens with zero attached hydrogens (tertiary/aromatic N) is 5. The molecule has 7 heteroatoms. The van der Waals surface area contributed by atoms with Crippen LogP contribution in [0.25, 0.3) is 0 Å². The SMILES string of the molecule is CO[C@@H]1CN(c2ccnc(N(C)C)n2)C[C@@H]1NC1CC(c2ccccn2)C1.